The van der Waals surface area contributed by atoms with Gasteiger partial charge >= 0.3 is 6.18 Å². The zero-order valence-corrected chi connectivity index (χ0v) is 10.9. The largest absolute Gasteiger partial charge is 0.416 e. The number of benzene rings is 2. The lowest BCUT2D eigenvalue weighted by Gasteiger charge is -2.06. The van der Waals surface area contributed by atoms with Gasteiger partial charge in [-0.3, -0.25) is 4.79 Å². The quantitative estimate of drug-likeness (QED) is 0.906. The number of carbonyl (C=O) groups is 1. The van der Waals surface area contributed by atoms with E-state index in [-0.39, 0.29) is 5.91 Å². The number of halogens is 3. The molecule has 2 nitrogen and oxygen atoms in total. The van der Waals surface area contributed by atoms with Crippen LogP contribution >= 0.6 is 0 Å². The van der Waals surface area contributed by atoms with Gasteiger partial charge in [0.15, 0.2) is 0 Å². The maximum atomic E-state index is 12.4. The summed E-state index contributed by atoms with van der Waals surface area (Å²) in [5.41, 5.74) is 0.374. The van der Waals surface area contributed by atoms with Crippen molar-refractivity contribution in [2.45, 2.75) is 6.18 Å². The van der Waals surface area contributed by atoms with Gasteiger partial charge in [-0.2, -0.15) is 13.2 Å². The molecule has 0 heterocycles. The Balaban J connectivity index is 1.97. The lowest BCUT2D eigenvalue weighted by Crippen LogP contribution is -2.16. The molecule has 0 saturated carbocycles. The van der Waals surface area contributed by atoms with Crippen molar-refractivity contribution in [3.8, 4) is 0 Å². The molecule has 0 fully saturated rings. The molecule has 0 saturated heterocycles. The van der Waals surface area contributed by atoms with Gasteiger partial charge < -0.3 is 5.32 Å². The molecule has 0 aliphatic heterocycles. The third-order valence-electron chi connectivity index (χ3n) is 2.76. The van der Waals surface area contributed by atoms with Crippen LogP contribution in [-0.4, -0.2) is 5.91 Å². The van der Waals surface area contributed by atoms with Crippen LogP contribution in [0, 0.1) is 0 Å². The molecule has 1 amide bonds. The summed E-state index contributed by atoms with van der Waals surface area (Å²) in [6.45, 7) is 0. The summed E-state index contributed by atoms with van der Waals surface area (Å²) in [5.74, 6) is -0.279. The van der Waals surface area contributed by atoms with Gasteiger partial charge in [-0.1, -0.05) is 30.3 Å². The highest BCUT2D eigenvalue weighted by Gasteiger charge is 2.29. The Morgan fingerprint density at radius 1 is 0.952 bits per heavy atom. The maximum Gasteiger partial charge on any atom is 0.416 e. The first-order chi connectivity index (χ1) is 9.97. The van der Waals surface area contributed by atoms with Crippen LogP contribution in [0.4, 0.5) is 13.2 Å². The van der Waals surface area contributed by atoms with Crippen LogP contribution in [0.1, 0.15) is 21.5 Å². The first-order valence-corrected chi connectivity index (χ1v) is 6.16. The standard InChI is InChI=1S/C16H12F3NO/c17-16(18,19)14-8-6-12(7-9-14)10-11-20-15(21)13-4-2-1-3-5-13/h1-11H,(H,20,21). The molecule has 21 heavy (non-hydrogen) atoms. The van der Waals surface area contributed by atoms with Crippen molar-refractivity contribution in [3.63, 3.8) is 0 Å². The second kappa shape index (κ2) is 6.26. The van der Waals surface area contributed by atoms with Gasteiger partial charge in [-0.25, -0.2) is 0 Å². The first-order valence-electron chi connectivity index (χ1n) is 6.16. The third kappa shape index (κ3) is 4.21. The lowest BCUT2D eigenvalue weighted by molar-refractivity contribution is -0.137. The fourth-order valence-electron chi connectivity index (χ4n) is 1.67. The van der Waals surface area contributed by atoms with Crippen LogP contribution < -0.4 is 5.32 Å². The molecule has 0 aliphatic rings. The number of hydrogen-bond acceptors (Lipinski definition) is 1. The van der Waals surface area contributed by atoms with Crippen LogP contribution in [0.25, 0.3) is 6.08 Å². The highest BCUT2D eigenvalue weighted by molar-refractivity contribution is 5.95. The summed E-state index contributed by atoms with van der Waals surface area (Å²) in [6.07, 6.45) is -1.41. The summed E-state index contributed by atoms with van der Waals surface area (Å²) in [7, 11) is 0. The minimum Gasteiger partial charge on any atom is -0.329 e. The molecule has 1 N–H and O–H groups in total. The third-order valence-corrected chi connectivity index (χ3v) is 2.76. The highest BCUT2D eigenvalue weighted by Crippen LogP contribution is 2.29. The minimum absolute atomic E-state index is 0.279. The second-order valence-corrected chi connectivity index (χ2v) is 4.29. The van der Waals surface area contributed by atoms with E-state index in [1.54, 1.807) is 30.3 Å². The average molecular weight is 291 g/mol. The fraction of sp³-hybridized carbons (Fsp3) is 0.0625. The van der Waals surface area contributed by atoms with E-state index in [1.165, 1.54) is 24.4 Å². The Morgan fingerprint density at radius 2 is 1.57 bits per heavy atom. The zero-order valence-electron chi connectivity index (χ0n) is 10.9. The average Bonchev–Trinajstić information content (AvgIpc) is 2.47. The number of rotatable bonds is 3. The zero-order chi connectivity index (χ0) is 15.3. The van der Waals surface area contributed by atoms with Crippen LogP contribution in [0.15, 0.2) is 60.8 Å². The maximum absolute atomic E-state index is 12.4. The van der Waals surface area contributed by atoms with E-state index in [0.29, 0.717) is 11.1 Å². The highest BCUT2D eigenvalue weighted by atomic mass is 19.4. The van der Waals surface area contributed by atoms with Gasteiger partial charge in [0.1, 0.15) is 0 Å². The van der Waals surface area contributed by atoms with Crippen LogP contribution in [0.3, 0.4) is 0 Å². The molecule has 0 unspecified atom stereocenters. The normalized spacial score (nSPS) is 11.6. The predicted octanol–water partition coefficient (Wildman–Crippen LogP) is 4.11. The van der Waals surface area contributed by atoms with Gasteiger partial charge in [0, 0.05) is 11.8 Å². The van der Waals surface area contributed by atoms with Gasteiger partial charge in [-0.15, -0.1) is 0 Å². The number of hydrogen-bond donors (Lipinski definition) is 1. The summed E-state index contributed by atoms with van der Waals surface area (Å²) >= 11 is 0. The van der Waals surface area contributed by atoms with Gasteiger partial charge in [-0.05, 0) is 35.9 Å². The number of alkyl halides is 3. The summed E-state index contributed by atoms with van der Waals surface area (Å²) < 4.78 is 37.2. The number of amides is 1. The Hall–Kier alpha value is -2.56. The van der Waals surface area contributed by atoms with Gasteiger partial charge in [0.25, 0.3) is 5.91 Å². The fourth-order valence-corrected chi connectivity index (χ4v) is 1.67. The van der Waals surface area contributed by atoms with Crippen molar-refractivity contribution in [2.24, 2.45) is 0 Å². The van der Waals surface area contributed by atoms with Crippen molar-refractivity contribution in [1.29, 1.82) is 0 Å². The van der Waals surface area contributed by atoms with Crippen molar-refractivity contribution < 1.29 is 18.0 Å². The molecular weight excluding hydrogens is 279 g/mol. The smallest absolute Gasteiger partial charge is 0.329 e. The molecule has 108 valence electrons. The molecule has 0 radical (unpaired) electrons. The molecule has 2 aromatic carbocycles. The molecule has 0 bridgehead atoms. The van der Waals surface area contributed by atoms with Gasteiger partial charge in [0.05, 0.1) is 5.56 Å². The van der Waals surface area contributed by atoms with E-state index in [9.17, 15) is 18.0 Å². The van der Waals surface area contributed by atoms with Crippen LogP contribution in [0.5, 0.6) is 0 Å². The molecule has 0 aromatic heterocycles. The predicted molar refractivity (Wildman–Crippen MR) is 74.4 cm³/mol. The van der Waals surface area contributed by atoms with E-state index >= 15 is 0 Å². The van der Waals surface area contributed by atoms with Crippen LogP contribution in [-0.2, 0) is 6.18 Å². The van der Waals surface area contributed by atoms with Crippen molar-refractivity contribution in [1.82, 2.24) is 5.32 Å². The Bertz CT molecular complexity index is 631. The molecule has 5 heteroatoms. The van der Waals surface area contributed by atoms with E-state index in [0.717, 1.165) is 12.1 Å². The number of nitrogens with one attached hydrogen (secondary N) is 1. The van der Waals surface area contributed by atoms with Crippen molar-refractivity contribution >= 4 is 12.0 Å². The summed E-state index contributed by atoms with van der Waals surface area (Å²) in [4.78, 5) is 11.7. The number of carbonyl (C=O) groups excluding carboxylic acids is 1. The molecule has 0 aliphatic carbocycles. The topological polar surface area (TPSA) is 29.1 Å². The SMILES string of the molecule is O=C(NC=Cc1ccc(C(F)(F)F)cc1)c1ccccc1. The van der Waals surface area contributed by atoms with Crippen LogP contribution in [0.2, 0.25) is 0 Å². The van der Waals surface area contributed by atoms with Gasteiger partial charge in [0.2, 0.25) is 0 Å². The summed E-state index contributed by atoms with van der Waals surface area (Å²) in [5, 5.41) is 2.55. The minimum atomic E-state index is -4.34. The van der Waals surface area contributed by atoms with Crippen molar-refractivity contribution in [2.75, 3.05) is 0 Å². The second-order valence-electron chi connectivity index (χ2n) is 4.29. The monoisotopic (exact) mass is 291 g/mol. The van der Waals surface area contributed by atoms with Crippen molar-refractivity contribution in [3.05, 3.63) is 77.5 Å². The van der Waals surface area contributed by atoms with E-state index in [1.807, 2.05) is 0 Å². The Labute approximate surface area is 119 Å². The van der Waals surface area contributed by atoms with E-state index < -0.39 is 11.7 Å². The molecule has 2 rings (SSSR count). The Kier molecular flexibility index (Phi) is 4.42. The summed E-state index contributed by atoms with van der Waals surface area (Å²) in [6, 6.07) is 13.3. The molecular formula is C16H12F3NO. The molecule has 2 aromatic rings. The first kappa shape index (κ1) is 14.8. The molecule has 0 atom stereocenters. The molecule has 0 spiro atoms. The Morgan fingerprint density at radius 3 is 2.14 bits per heavy atom. The lowest BCUT2D eigenvalue weighted by atomic mass is 10.1. The van der Waals surface area contributed by atoms with E-state index in [2.05, 4.69) is 5.32 Å². The van der Waals surface area contributed by atoms with E-state index in [4.69, 9.17) is 0 Å².